The normalized spacial score (nSPS) is 15.9. The van der Waals surface area contributed by atoms with E-state index in [-0.39, 0.29) is 30.1 Å². The molecule has 2 aromatic rings. The molecule has 1 aromatic heterocycles. The van der Waals surface area contributed by atoms with Gasteiger partial charge in [-0.1, -0.05) is 26.7 Å². The predicted molar refractivity (Wildman–Crippen MR) is 143 cm³/mol. The number of unbranched alkanes of at least 4 members (excludes halogenated alkanes) is 1. The minimum atomic E-state index is -0.601. The van der Waals surface area contributed by atoms with Crippen LogP contribution in [-0.4, -0.2) is 67.3 Å². The third-order valence-corrected chi connectivity index (χ3v) is 7.34. The third kappa shape index (κ3) is 5.89. The van der Waals surface area contributed by atoms with E-state index in [4.69, 9.17) is 14.5 Å². The SMILES string of the molecule is CCN(CC)CCCCNc1ncc2c(n1)N(C1CCCC1)C(=O)N(c1cc(OC)cc(OC)c1F)C2. The molecule has 1 aliphatic carbocycles. The molecule has 1 fully saturated rings. The number of hydrogen-bond acceptors (Lipinski definition) is 7. The summed E-state index contributed by atoms with van der Waals surface area (Å²) in [5, 5.41) is 3.33. The van der Waals surface area contributed by atoms with Crippen molar-refractivity contribution in [2.24, 2.45) is 0 Å². The van der Waals surface area contributed by atoms with Gasteiger partial charge in [0.15, 0.2) is 11.6 Å². The first-order valence-electron chi connectivity index (χ1n) is 13.3. The first-order valence-corrected chi connectivity index (χ1v) is 13.3. The summed E-state index contributed by atoms with van der Waals surface area (Å²) in [6, 6.07) is 2.72. The number of benzene rings is 1. The molecule has 9 nitrogen and oxygen atoms in total. The van der Waals surface area contributed by atoms with Crippen molar-refractivity contribution in [3.05, 3.63) is 29.7 Å². The first-order chi connectivity index (χ1) is 18.0. The fourth-order valence-corrected chi connectivity index (χ4v) is 5.16. The number of halogens is 1. The molecule has 0 saturated heterocycles. The van der Waals surface area contributed by atoms with Crippen LogP contribution in [0.1, 0.15) is 57.9 Å². The zero-order valence-corrected chi connectivity index (χ0v) is 22.4. The predicted octanol–water partition coefficient (Wildman–Crippen LogP) is 5.06. The van der Waals surface area contributed by atoms with Crippen LogP contribution >= 0.6 is 0 Å². The van der Waals surface area contributed by atoms with Crippen LogP contribution in [0.15, 0.2) is 18.3 Å². The number of carbonyl (C=O) groups is 1. The number of methoxy groups -OCH3 is 2. The van der Waals surface area contributed by atoms with Gasteiger partial charge in [0.2, 0.25) is 5.95 Å². The van der Waals surface area contributed by atoms with Crippen LogP contribution in [0.2, 0.25) is 0 Å². The summed E-state index contributed by atoms with van der Waals surface area (Å²) >= 11 is 0. The highest BCUT2D eigenvalue weighted by atomic mass is 19.1. The summed E-state index contributed by atoms with van der Waals surface area (Å²) in [4.78, 5) is 28.8. The van der Waals surface area contributed by atoms with Gasteiger partial charge in [-0.05, 0) is 45.3 Å². The van der Waals surface area contributed by atoms with Gasteiger partial charge in [-0.15, -0.1) is 0 Å². The highest BCUT2D eigenvalue weighted by molar-refractivity contribution is 6.06. The molecule has 37 heavy (non-hydrogen) atoms. The zero-order chi connectivity index (χ0) is 26.4. The molecule has 202 valence electrons. The lowest BCUT2D eigenvalue weighted by Gasteiger charge is -2.39. The molecule has 0 atom stereocenters. The second-order valence-corrected chi connectivity index (χ2v) is 9.54. The van der Waals surface area contributed by atoms with Gasteiger partial charge in [0, 0.05) is 36.5 Å². The van der Waals surface area contributed by atoms with Crippen LogP contribution in [0.25, 0.3) is 0 Å². The Morgan fingerprint density at radius 3 is 2.57 bits per heavy atom. The minimum Gasteiger partial charge on any atom is -0.497 e. The van der Waals surface area contributed by atoms with Crippen molar-refractivity contribution >= 4 is 23.5 Å². The van der Waals surface area contributed by atoms with E-state index in [9.17, 15) is 4.79 Å². The maximum atomic E-state index is 15.4. The third-order valence-electron chi connectivity index (χ3n) is 7.34. The van der Waals surface area contributed by atoms with Crippen molar-refractivity contribution in [3.63, 3.8) is 0 Å². The molecule has 2 aliphatic rings. The highest BCUT2D eigenvalue weighted by Crippen LogP contribution is 2.40. The Morgan fingerprint density at radius 1 is 1.14 bits per heavy atom. The van der Waals surface area contributed by atoms with Crippen molar-refractivity contribution in [2.75, 3.05) is 55.5 Å². The van der Waals surface area contributed by atoms with Gasteiger partial charge in [0.1, 0.15) is 11.6 Å². The molecule has 0 spiro atoms. The van der Waals surface area contributed by atoms with Gasteiger partial charge in [-0.25, -0.2) is 14.2 Å². The molecule has 2 amide bonds. The molecule has 0 unspecified atom stereocenters. The second-order valence-electron chi connectivity index (χ2n) is 9.54. The van der Waals surface area contributed by atoms with Crippen molar-refractivity contribution < 1.29 is 18.7 Å². The average Bonchev–Trinajstić information content (AvgIpc) is 3.45. The molecule has 0 radical (unpaired) electrons. The Bertz CT molecular complexity index is 1070. The number of urea groups is 1. The lowest BCUT2D eigenvalue weighted by atomic mass is 10.1. The Morgan fingerprint density at radius 2 is 1.89 bits per heavy atom. The van der Waals surface area contributed by atoms with E-state index in [0.29, 0.717) is 17.5 Å². The topological polar surface area (TPSA) is 83.1 Å². The molecule has 1 aliphatic heterocycles. The summed E-state index contributed by atoms with van der Waals surface area (Å²) in [6.07, 6.45) is 7.73. The quantitative estimate of drug-likeness (QED) is 0.397. The number of aromatic nitrogens is 2. The minimum absolute atomic E-state index is 0.0152. The van der Waals surface area contributed by atoms with E-state index in [2.05, 4.69) is 29.0 Å². The molecule has 1 saturated carbocycles. The van der Waals surface area contributed by atoms with Crippen molar-refractivity contribution in [2.45, 2.75) is 65.0 Å². The van der Waals surface area contributed by atoms with Gasteiger partial charge >= 0.3 is 6.03 Å². The first kappa shape index (κ1) is 26.9. The summed E-state index contributed by atoms with van der Waals surface area (Å²) < 4.78 is 25.9. The maximum absolute atomic E-state index is 15.4. The summed E-state index contributed by atoms with van der Waals surface area (Å²) in [6.45, 7) is 8.48. The summed E-state index contributed by atoms with van der Waals surface area (Å²) in [7, 11) is 2.90. The molecular formula is C27H39FN6O3. The lowest BCUT2D eigenvalue weighted by molar-refractivity contribution is 0.247. The van der Waals surface area contributed by atoms with Crippen molar-refractivity contribution in [3.8, 4) is 11.5 Å². The fourth-order valence-electron chi connectivity index (χ4n) is 5.16. The van der Waals surface area contributed by atoms with E-state index in [1.165, 1.54) is 31.3 Å². The average molecular weight is 515 g/mol. The Labute approximate surface area is 219 Å². The van der Waals surface area contributed by atoms with E-state index in [1.54, 1.807) is 11.1 Å². The number of amides is 2. The van der Waals surface area contributed by atoms with Gasteiger partial charge in [0.25, 0.3) is 0 Å². The molecule has 2 heterocycles. The molecule has 1 aromatic carbocycles. The Kier molecular flexibility index (Phi) is 9.02. The number of carbonyl (C=O) groups excluding carboxylic acids is 1. The van der Waals surface area contributed by atoms with Crippen LogP contribution in [-0.2, 0) is 6.54 Å². The second kappa shape index (κ2) is 12.4. The Hall–Kier alpha value is -3.14. The van der Waals surface area contributed by atoms with E-state index < -0.39 is 5.82 Å². The molecule has 4 rings (SSSR count). The van der Waals surface area contributed by atoms with E-state index >= 15 is 4.39 Å². The summed E-state index contributed by atoms with van der Waals surface area (Å²) in [5.74, 6) is 0.965. The van der Waals surface area contributed by atoms with Gasteiger partial charge < -0.3 is 19.7 Å². The summed E-state index contributed by atoms with van der Waals surface area (Å²) in [5.41, 5.74) is 0.894. The number of rotatable bonds is 12. The lowest BCUT2D eigenvalue weighted by Crippen LogP contribution is -2.52. The fraction of sp³-hybridized carbons (Fsp3) is 0.593. The smallest absolute Gasteiger partial charge is 0.330 e. The number of ether oxygens (including phenoxy) is 2. The largest absolute Gasteiger partial charge is 0.497 e. The standard InChI is InChI=1S/C27H39FN6O3/c1-5-32(6-2)14-10-9-13-29-26-30-17-19-18-33(22-15-21(36-3)16-23(37-4)24(22)28)27(35)34(25(19)31-26)20-11-7-8-12-20/h15-17,20H,5-14,18H2,1-4H3,(H,29,30,31). The monoisotopic (exact) mass is 514 g/mol. The van der Waals surface area contributed by atoms with Crippen molar-refractivity contribution in [1.29, 1.82) is 0 Å². The molecular weight excluding hydrogens is 475 g/mol. The van der Waals surface area contributed by atoms with E-state index in [0.717, 1.165) is 70.3 Å². The number of anilines is 3. The van der Waals surface area contributed by atoms with Crippen LogP contribution in [0.4, 0.5) is 26.6 Å². The maximum Gasteiger partial charge on any atom is 0.330 e. The van der Waals surface area contributed by atoms with Gasteiger partial charge in [0.05, 0.1) is 26.5 Å². The van der Waals surface area contributed by atoms with Crippen LogP contribution in [0.3, 0.4) is 0 Å². The number of fused-ring (bicyclic) bond motifs is 1. The van der Waals surface area contributed by atoms with Gasteiger partial charge in [-0.3, -0.25) is 9.80 Å². The zero-order valence-electron chi connectivity index (χ0n) is 22.4. The Balaban J connectivity index is 1.57. The molecule has 0 bridgehead atoms. The highest BCUT2D eigenvalue weighted by Gasteiger charge is 2.39. The van der Waals surface area contributed by atoms with Crippen LogP contribution < -0.4 is 24.6 Å². The van der Waals surface area contributed by atoms with E-state index in [1.807, 2.05) is 0 Å². The van der Waals surface area contributed by atoms with Crippen LogP contribution in [0.5, 0.6) is 11.5 Å². The van der Waals surface area contributed by atoms with Crippen molar-refractivity contribution in [1.82, 2.24) is 14.9 Å². The number of hydrogen-bond donors (Lipinski definition) is 1. The number of nitrogens with zero attached hydrogens (tertiary/aromatic N) is 5. The molecule has 10 heteroatoms. The number of nitrogens with one attached hydrogen (secondary N) is 1. The van der Waals surface area contributed by atoms with Crippen LogP contribution in [0, 0.1) is 5.82 Å². The van der Waals surface area contributed by atoms with Gasteiger partial charge in [-0.2, -0.15) is 4.98 Å². The molecule has 1 N–H and O–H groups in total.